The summed E-state index contributed by atoms with van der Waals surface area (Å²) in [6.07, 6.45) is 1.61. The zero-order valence-electron chi connectivity index (χ0n) is 10.1. The second kappa shape index (κ2) is 3.27. The molecule has 1 aliphatic carbocycles. The van der Waals surface area contributed by atoms with E-state index in [1.807, 2.05) is 0 Å². The summed E-state index contributed by atoms with van der Waals surface area (Å²) in [6, 6.07) is 2.12. The number of pyridine rings is 1. The van der Waals surface area contributed by atoms with Crippen molar-refractivity contribution in [3.05, 3.63) is 17.3 Å². The molecule has 0 bridgehead atoms. The van der Waals surface area contributed by atoms with Gasteiger partial charge in [-0.1, -0.05) is 39.3 Å². The van der Waals surface area contributed by atoms with Crippen molar-refractivity contribution in [2.24, 2.45) is 10.8 Å². The number of nitrogen functional groups attached to an aromatic ring is 1. The van der Waals surface area contributed by atoms with Crippen molar-refractivity contribution in [3.63, 3.8) is 0 Å². The monoisotopic (exact) mass is 239 g/mol. The molecule has 1 aromatic heterocycles. The Morgan fingerprint density at radius 2 is 1.88 bits per heavy atom. The third kappa shape index (κ3) is 1.54. The smallest absolute Gasteiger partial charge is 0.149 e. The minimum absolute atomic E-state index is 0.265. The van der Waals surface area contributed by atoms with Crippen LogP contribution in [0.15, 0.2) is 12.3 Å². The first-order chi connectivity index (χ1) is 7.26. The van der Waals surface area contributed by atoms with Crippen molar-refractivity contribution in [1.29, 1.82) is 0 Å². The van der Waals surface area contributed by atoms with Gasteiger partial charge in [0, 0.05) is 12.2 Å². The number of rotatable bonds is 2. The van der Waals surface area contributed by atoms with Gasteiger partial charge in [0.1, 0.15) is 5.82 Å². The number of nitrogens with one attached hydrogen (secondary N) is 1. The summed E-state index contributed by atoms with van der Waals surface area (Å²) >= 11 is 5.81. The molecule has 0 aromatic carbocycles. The molecule has 2 rings (SSSR count). The fourth-order valence-electron chi connectivity index (χ4n) is 2.27. The third-order valence-corrected chi connectivity index (χ3v) is 4.39. The number of anilines is 2. The molecule has 0 atom stereocenters. The largest absolute Gasteiger partial charge is 0.396 e. The number of hydrogen-bond acceptors (Lipinski definition) is 3. The third-order valence-electron chi connectivity index (χ3n) is 4.19. The van der Waals surface area contributed by atoms with E-state index in [1.54, 1.807) is 12.3 Å². The van der Waals surface area contributed by atoms with Crippen LogP contribution in [-0.4, -0.2) is 11.0 Å². The van der Waals surface area contributed by atoms with E-state index < -0.39 is 0 Å². The molecule has 3 N–H and O–H groups in total. The molecule has 0 spiro atoms. The van der Waals surface area contributed by atoms with Gasteiger partial charge in [-0.3, -0.25) is 0 Å². The Hall–Kier alpha value is -0.960. The van der Waals surface area contributed by atoms with Gasteiger partial charge >= 0.3 is 0 Å². The maximum atomic E-state index is 5.87. The summed E-state index contributed by atoms with van der Waals surface area (Å²) in [5.41, 5.74) is 7.00. The Morgan fingerprint density at radius 1 is 1.31 bits per heavy atom. The van der Waals surface area contributed by atoms with Gasteiger partial charge in [0.25, 0.3) is 0 Å². The summed E-state index contributed by atoms with van der Waals surface area (Å²) in [5.74, 6) is 0.730. The number of nitrogens with two attached hydrogens (primary N) is 1. The van der Waals surface area contributed by atoms with Gasteiger partial charge in [-0.2, -0.15) is 0 Å². The Morgan fingerprint density at radius 3 is 2.31 bits per heavy atom. The van der Waals surface area contributed by atoms with E-state index in [0.29, 0.717) is 16.8 Å². The normalized spacial score (nSPS) is 21.8. The van der Waals surface area contributed by atoms with Crippen molar-refractivity contribution in [1.82, 2.24) is 4.98 Å². The lowest BCUT2D eigenvalue weighted by Gasteiger charge is -2.09. The summed E-state index contributed by atoms with van der Waals surface area (Å²) in [5, 5.41) is 3.96. The van der Waals surface area contributed by atoms with E-state index >= 15 is 0 Å². The van der Waals surface area contributed by atoms with Crippen LogP contribution in [0, 0.1) is 10.8 Å². The first-order valence-corrected chi connectivity index (χ1v) is 5.82. The highest BCUT2D eigenvalue weighted by Gasteiger charge is 2.65. The van der Waals surface area contributed by atoms with Gasteiger partial charge < -0.3 is 11.1 Å². The SMILES string of the molecule is CC1(C)C(Nc2ncc(Cl)cc2N)C1(C)C. The molecule has 0 aliphatic heterocycles. The fraction of sp³-hybridized carbons (Fsp3) is 0.583. The predicted octanol–water partition coefficient (Wildman–Crippen LogP) is 3.16. The van der Waals surface area contributed by atoms with Crippen LogP contribution in [0.25, 0.3) is 0 Å². The molecule has 0 saturated heterocycles. The highest BCUT2D eigenvalue weighted by Crippen LogP contribution is 2.63. The van der Waals surface area contributed by atoms with E-state index in [0.717, 1.165) is 5.82 Å². The van der Waals surface area contributed by atoms with Crippen LogP contribution in [0.4, 0.5) is 11.5 Å². The number of nitrogens with zero attached hydrogens (tertiary/aromatic N) is 1. The molecule has 0 amide bonds. The van der Waals surface area contributed by atoms with Crippen LogP contribution in [0.5, 0.6) is 0 Å². The maximum absolute atomic E-state index is 5.87. The number of aromatic nitrogens is 1. The molecule has 1 fully saturated rings. The van der Waals surface area contributed by atoms with E-state index in [1.165, 1.54) is 0 Å². The minimum Gasteiger partial charge on any atom is -0.396 e. The van der Waals surface area contributed by atoms with Crippen molar-refractivity contribution in [2.45, 2.75) is 33.7 Å². The van der Waals surface area contributed by atoms with E-state index in [2.05, 4.69) is 38.0 Å². The molecule has 3 nitrogen and oxygen atoms in total. The van der Waals surface area contributed by atoms with Gasteiger partial charge in [-0.15, -0.1) is 0 Å². The number of hydrogen-bond donors (Lipinski definition) is 2. The van der Waals surface area contributed by atoms with E-state index in [-0.39, 0.29) is 10.8 Å². The highest BCUT2D eigenvalue weighted by atomic mass is 35.5. The van der Waals surface area contributed by atoms with Gasteiger partial charge in [0.2, 0.25) is 0 Å². The molecule has 1 aliphatic rings. The summed E-state index contributed by atoms with van der Waals surface area (Å²) in [4.78, 5) is 4.22. The molecule has 4 heteroatoms. The zero-order valence-corrected chi connectivity index (χ0v) is 10.9. The molecular formula is C12H18ClN3. The second-order valence-corrected chi connectivity index (χ2v) is 6.05. The van der Waals surface area contributed by atoms with Crippen LogP contribution in [-0.2, 0) is 0 Å². The Kier molecular flexibility index (Phi) is 2.35. The van der Waals surface area contributed by atoms with Crippen LogP contribution >= 0.6 is 11.6 Å². The summed E-state index contributed by atoms with van der Waals surface area (Å²) < 4.78 is 0. The Bertz CT molecular complexity index is 412. The van der Waals surface area contributed by atoms with Gasteiger partial charge in [0.05, 0.1) is 10.7 Å². The van der Waals surface area contributed by atoms with Crippen LogP contribution < -0.4 is 11.1 Å². The molecule has 1 aromatic rings. The topological polar surface area (TPSA) is 50.9 Å². The van der Waals surface area contributed by atoms with Gasteiger partial charge in [0.15, 0.2) is 0 Å². The lowest BCUT2D eigenvalue weighted by Crippen LogP contribution is -2.12. The van der Waals surface area contributed by atoms with E-state index in [9.17, 15) is 0 Å². The molecule has 0 unspecified atom stereocenters. The fourth-order valence-corrected chi connectivity index (χ4v) is 2.44. The highest BCUT2D eigenvalue weighted by molar-refractivity contribution is 6.30. The van der Waals surface area contributed by atoms with Crippen LogP contribution in [0.3, 0.4) is 0 Å². The molecule has 1 saturated carbocycles. The lowest BCUT2D eigenvalue weighted by atomic mass is 10.0. The van der Waals surface area contributed by atoms with Crippen molar-refractivity contribution < 1.29 is 0 Å². The van der Waals surface area contributed by atoms with Crippen molar-refractivity contribution >= 4 is 23.1 Å². The Balaban J connectivity index is 2.18. The maximum Gasteiger partial charge on any atom is 0.149 e. The number of halogens is 1. The van der Waals surface area contributed by atoms with Crippen LogP contribution in [0.2, 0.25) is 5.02 Å². The summed E-state index contributed by atoms with van der Waals surface area (Å²) in [7, 11) is 0. The average Bonchev–Trinajstić information content (AvgIpc) is 2.52. The van der Waals surface area contributed by atoms with Crippen molar-refractivity contribution in [3.8, 4) is 0 Å². The first kappa shape index (κ1) is 11.5. The summed E-state index contributed by atoms with van der Waals surface area (Å²) in [6.45, 7) is 8.99. The predicted molar refractivity (Wildman–Crippen MR) is 68.6 cm³/mol. The lowest BCUT2D eigenvalue weighted by molar-refractivity contribution is 0.457. The quantitative estimate of drug-likeness (QED) is 0.834. The Labute approximate surface area is 101 Å². The average molecular weight is 240 g/mol. The standard InChI is InChI=1S/C12H18ClN3/c1-11(2)10(12(11,3)4)16-9-8(14)5-7(13)6-15-9/h5-6,10H,14H2,1-4H3,(H,15,16). The molecule has 1 heterocycles. The minimum atomic E-state index is 0.265. The van der Waals surface area contributed by atoms with E-state index in [4.69, 9.17) is 17.3 Å². The van der Waals surface area contributed by atoms with Crippen LogP contribution in [0.1, 0.15) is 27.7 Å². The molecule has 16 heavy (non-hydrogen) atoms. The first-order valence-electron chi connectivity index (χ1n) is 5.44. The molecule has 88 valence electrons. The van der Waals surface area contributed by atoms with Crippen molar-refractivity contribution in [2.75, 3.05) is 11.1 Å². The molecular weight excluding hydrogens is 222 g/mol. The van der Waals surface area contributed by atoms with Gasteiger partial charge in [-0.25, -0.2) is 4.98 Å². The molecule has 0 radical (unpaired) electrons. The van der Waals surface area contributed by atoms with Gasteiger partial charge in [-0.05, 0) is 16.9 Å². The second-order valence-electron chi connectivity index (χ2n) is 5.61. The zero-order chi connectivity index (χ0) is 12.1.